The number of nitrogens with two attached hydrogens (primary N) is 1. The van der Waals surface area contributed by atoms with Gasteiger partial charge in [0.25, 0.3) is 11.8 Å². The Morgan fingerprint density at radius 2 is 2.24 bits per heavy atom. The highest BCUT2D eigenvalue weighted by molar-refractivity contribution is 6.02. The maximum Gasteiger partial charge on any atom is 0.271 e. The van der Waals surface area contributed by atoms with E-state index in [4.69, 9.17) is 10.5 Å². The Bertz CT molecular complexity index is 469. The van der Waals surface area contributed by atoms with Crippen molar-refractivity contribution in [1.29, 1.82) is 0 Å². The third-order valence-electron chi connectivity index (χ3n) is 2.42. The molecule has 90 valence electrons. The minimum atomic E-state index is -0.702. The zero-order chi connectivity index (χ0) is 12.4. The van der Waals surface area contributed by atoms with Gasteiger partial charge in [0.05, 0.1) is 11.7 Å². The maximum atomic E-state index is 11.6. The van der Waals surface area contributed by atoms with Crippen molar-refractivity contribution < 1.29 is 14.3 Å². The Labute approximate surface area is 98.2 Å². The first-order valence-corrected chi connectivity index (χ1v) is 5.31. The van der Waals surface area contributed by atoms with Gasteiger partial charge in [-0.2, -0.15) is 0 Å². The molecule has 1 fully saturated rings. The topological polar surface area (TPSA) is 94.3 Å². The van der Waals surface area contributed by atoms with Gasteiger partial charge < -0.3 is 15.8 Å². The number of aromatic nitrogens is 1. The fraction of sp³-hybridized carbons (Fsp3) is 0.364. The van der Waals surface area contributed by atoms with Gasteiger partial charge in [0, 0.05) is 13.2 Å². The molecule has 6 nitrogen and oxygen atoms in total. The summed E-state index contributed by atoms with van der Waals surface area (Å²) in [6.07, 6.45) is 3.26. The highest BCUT2D eigenvalue weighted by atomic mass is 16.5. The summed E-state index contributed by atoms with van der Waals surface area (Å²) in [6.45, 7) is 0. The fourth-order valence-corrected chi connectivity index (χ4v) is 1.41. The van der Waals surface area contributed by atoms with Crippen LogP contribution in [-0.4, -0.2) is 29.9 Å². The largest absolute Gasteiger partial charge is 0.487 e. The standard InChI is InChI=1S/C11H13N3O3/c1-13-11(16)7-4-5-14-8(10(12)15)9(7)17-6-2-3-6/h4-6H,2-3H2,1H3,(H2,12,15)(H,13,16). The minimum absolute atomic E-state index is 0.00185. The van der Waals surface area contributed by atoms with E-state index in [0.717, 1.165) is 12.8 Å². The Morgan fingerprint density at radius 1 is 1.53 bits per heavy atom. The SMILES string of the molecule is CNC(=O)c1ccnc(C(N)=O)c1OC1CC1. The van der Waals surface area contributed by atoms with Crippen molar-refractivity contribution in [2.45, 2.75) is 18.9 Å². The van der Waals surface area contributed by atoms with E-state index in [0.29, 0.717) is 0 Å². The van der Waals surface area contributed by atoms with Gasteiger partial charge in [-0.15, -0.1) is 0 Å². The van der Waals surface area contributed by atoms with E-state index in [9.17, 15) is 9.59 Å². The second-order valence-electron chi connectivity index (χ2n) is 3.80. The Balaban J connectivity index is 2.45. The summed E-state index contributed by atoms with van der Waals surface area (Å²) in [6, 6.07) is 1.50. The van der Waals surface area contributed by atoms with Crippen molar-refractivity contribution in [3.63, 3.8) is 0 Å². The molecule has 0 spiro atoms. The van der Waals surface area contributed by atoms with E-state index >= 15 is 0 Å². The highest BCUT2D eigenvalue weighted by Gasteiger charge is 2.28. The molecular formula is C11H13N3O3. The summed E-state index contributed by atoms with van der Waals surface area (Å²) < 4.78 is 5.55. The number of nitrogens with one attached hydrogen (secondary N) is 1. The van der Waals surface area contributed by atoms with E-state index in [2.05, 4.69) is 10.3 Å². The summed E-state index contributed by atoms with van der Waals surface area (Å²) in [5.41, 5.74) is 5.49. The third kappa shape index (κ3) is 2.35. The van der Waals surface area contributed by atoms with Gasteiger partial charge in [0.1, 0.15) is 0 Å². The lowest BCUT2D eigenvalue weighted by Gasteiger charge is -2.12. The highest BCUT2D eigenvalue weighted by Crippen LogP contribution is 2.30. The second kappa shape index (κ2) is 4.40. The second-order valence-corrected chi connectivity index (χ2v) is 3.80. The molecule has 1 aromatic heterocycles. The van der Waals surface area contributed by atoms with Crippen LogP contribution in [-0.2, 0) is 0 Å². The summed E-state index contributed by atoms with van der Waals surface area (Å²) in [5, 5.41) is 2.48. The molecular weight excluding hydrogens is 222 g/mol. The Morgan fingerprint density at radius 3 is 2.76 bits per heavy atom. The van der Waals surface area contributed by atoms with E-state index in [1.54, 1.807) is 0 Å². The number of rotatable bonds is 4. The van der Waals surface area contributed by atoms with Crippen molar-refractivity contribution in [3.05, 3.63) is 23.5 Å². The van der Waals surface area contributed by atoms with Gasteiger partial charge in [0.2, 0.25) is 0 Å². The molecule has 2 amide bonds. The van der Waals surface area contributed by atoms with Crippen LogP contribution in [0.1, 0.15) is 33.7 Å². The molecule has 0 radical (unpaired) electrons. The van der Waals surface area contributed by atoms with Crippen LogP contribution in [0.2, 0.25) is 0 Å². The molecule has 1 heterocycles. The van der Waals surface area contributed by atoms with Crippen LogP contribution in [0.5, 0.6) is 5.75 Å². The molecule has 1 aromatic rings. The number of pyridine rings is 1. The van der Waals surface area contributed by atoms with E-state index in [1.165, 1.54) is 19.3 Å². The first-order valence-electron chi connectivity index (χ1n) is 5.31. The number of ether oxygens (including phenoxy) is 1. The molecule has 0 unspecified atom stereocenters. The summed E-state index contributed by atoms with van der Waals surface area (Å²) in [5.74, 6) is -0.848. The van der Waals surface area contributed by atoms with Crippen molar-refractivity contribution in [1.82, 2.24) is 10.3 Å². The molecule has 6 heteroatoms. The smallest absolute Gasteiger partial charge is 0.271 e. The number of carbonyl (C=O) groups is 2. The molecule has 2 rings (SSSR count). The van der Waals surface area contributed by atoms with Gasteiger partial charge in [-0.3, -0.25) is 9.59 Å². The molecule has 0 saturated heterocycles. The van der Waals surface area contributed by atoms with Crippen molar-refractivity contribution in [3.8, 4) is 5.75 Å². The van der Waals surface area contributed by atoms with Gasteiger partial charge in [-0.05, 0) is 18.9 Å². The lowest BCUT2D eigenvalue weighted by molar-refractivity contribution is 0.0958. The summed E-state index contributed by atoms with van der Waals surface area (Å²) in [4.78, 5) is 26.7. The zero-order valence-electron chi connectivity index (χ0n) is 9.40. The summed E-state index contributed by atoms with van der Waals surface area (Å²) in [7, 11) is 1.51. The van der Waals surface area contributed by atoms with Crippen LogP contribution < -0.4 is 15.8 Å². The number of nitrogens with zero attached hydrogens (tertiary/aromatic N) is 1. The van der Waals surface area contributed by atoms with Crippen LogP contribution in [0.3, 0.4) is 0 Å². The Hall–Kier alpha value is -2.11. The third-order valence-corrected chi connectivity index (χ3v) is 2.42. The minimum Gasteiger partial charge on any atom is -0.487 e. The first-order chi connectivity index (χ1) is 8.13. The van der Waals surface area contributed by atoms with Crippen LogP contribution in [0.25, 0.3) is 0 Å². The van der Waals surface area contributed by atoms with E-state index in [-0.39, 0.29) is 29.0 Å². The number of hydrogen-bond donors (Lipinski definition) is 2. The van der Waals surface area contributed by atoms with Crippen LogP contribution in [0, 0.1) is 0 Å². The predicted octanol–water partition coefficient (Wildman–Crippen LogP) is 0.0813. The molecule has 17 heavy (non-hydrogen) atoms. The van der Waals surface area contributed by atoms with Crippen molar-refractivity contribution in [2.75, 3.05) is 7.05 Å². The van der Waals surface area contributed by atoms with Crippen LogP contribution >= 0.6 is 0 Å². The van der Waals surface area contributed by atoms with Gasteiger partial charge in [-0.1, -0.05) is 0 Å². The lowest BCUT2D eigenvalue weighted by Crippen LogP contribution is -2.22. The fourth-order valence-electron chi connectivity index (χ4n) is 1.41. The molecule has 1 aliphatic carbocycles. The number of primary amides is 1. The molecule has 0 atom stereocenters. The molecule has 3 N–H and O–H groups in total. The summed E-state index contributed by atoms with van der Waals surface area (Å²) >= 11 is 0. The lowest BCUT2D eigenvalue weighted by atomic mass is 10.1. The maximum absolute atomic E-state index is 11.6. The quantitative estimate of drug-likeness (QED) is 0.772. The number of amides is 2. The van der Waals surface area contributed by atoms with Crippen LogP contribution in [0.4, 0.5) is 0 Å². The average Bonchev–Trinajstić information content (AvgIpc) is 3.12. The van der Waals surface area contributed by atoms with Crippen molar-refractivity contribution in [2.24, 2.45) is 5.73 Å². The molecule has 0 bridgehead atoms. The van der Waals surface area contributed by atoms with Crippen LogP contribution in [0.15, 0.2) is 12.3 Å². The first kappa shape index (κ1) is 11.4. The molecule has 0 aromatic carbocycles. The van der Waals surface area contributed by atoms with E-state index < -0.39 is 5.91 Å². The molecule has 1 aliphatic rings. The zero-order valence-corrected chi connectivity index (χ0v) is 9.40. The number of hydrogen-bond acceptors (Lipinski definition) is 4. The molecule has 1 saturated carbocycles. The average molecular weight is 235 g/mol. The predicted molar refractivity (Wildman–Crippen MR) is 59.8 cm³/mol. The normalized spacial score (nSPS) is 14.2. The van der Waals surface area contributed by atoms with E-state index in [1.807, 2.05) is 0 Å². The van der Waals surface area contributed by atoms with Gasteiger partial charge in [0.15, 0.2) is 11.4 Å². The number of carbonyl (C=O) groups excluding carboxylic acids is 2. The van der Waals surface area contributed by atoms with Crippen molar-refractivity contribution >= 4 is 11.8 Å². The molecule has 0 aliphatic heterocycles. The van der Waals surface area contributed by atoms with Gasteiger partial charge in [-0.25, -0.2) is 4.98 Å². The Kier molecular flexibility index (Phi) is 2.95. The monoisotopic (exact) mass is 235 g/mol. The van der Waals surface area contributed by atoms with Gasteiger partial charge >= 0.3 is 0 Å².